The van der Waals surface area contributed by atoms with E-state index in [1.54, 1.807) is 30.3 Å². The fourth-order valence-electron chi connectivity index (χ4n) is 2.81. The number of nitrogens with zero attached hydrogens (tertiary/aromatic N) is 1. The van der Waals surface area contributed by atoms with Gasteiger partial charge in [0.25, 0.3) is 5.91 Å². The SMILES string of the molecule is COC(=O)N/N=C(/CC1(O)C(=O)Nc2ccc(Br)cc21)c1ccc(Cl)cc1Cl. The minimum Gasteiger partial charge on any atom is -0.452 e. The van der Waals surface area contributed by atoms with Crippen molar-refractivity contribution in [1.29, 1.82) is 0 Å². The van der Waals surface area contributed by atoms with Crippen LogP contribution in [-0.4, -0.2) is 29.9 Å². The highest BCUT2D eigenvalue weighted by molar-refractivity contribution is 9.10. The van der Waals surface area contributed by atoms with Crippen molar-refractivity contribution in [3.8, 4) is 0 Å². The smallest absolute Gasteiger partial charge is 0.427 e. The number of ether oxygens (including phenoxy) is 1. The van der Waals surface area contributed by atoms with Crippen LogP contribution in [0.4, 0.5) is 10.5 Å². The summed E-state index contributed by atoms with van der Waals surface area (Å²) >= 11 is 15.5. The van der Waals surface area contributed by atoms with Gasteiger partial charge in [-0.3, -0.25) is 4.79 Å². The zero-order valence-corrected chi connectivity index (χ0v) is 17.5. The van der Waals surface area contributed by atoms with Crippen molar-refractivity contribution < 1.29 is 19.4 Å². The average molecular weight is 487 g/mol. The number of anilines is 1. The molecular formula is C18H14BrCl2N3O4. The molecule has 0 aliphatic carbocycles. The first kappa shape index (κ1) is 20.6. The van der Waals surface area contributed by atoms with Crippen LogP contribution in [0.1, 0.15) is 17.5 Å². The van der Waals surface area contributed by atoms with E-state index in [1.807, 2.05) is 0 Å². The number of hydrazone groups is 1. The quantitative estimate of drug-likeness (QED) is 0.448. The molecule has 1 aliphatic rings. The number of rotatable bonds is 4. The van der Waals surface area contributed by atoms with Gasteiger partial charge in [-0.15, -0.1) is 0 Å². The lowest BCUT2D eigenvalue weighted by Crippen LogP contribution is -2.37. The zero-order chi connectivity index (χ0) is 20.5. The summed E-state index contributed by atoms with van der Waals surface area (Å²) in [5.41, 5.74) is 1.70. The molecule has 146 valence electrons. The third-order valence-electron chi connectivity index (χ3n) is 4.18. The summed E-state index contributed by atoms with van der Waals surface area (Å²) in [6, 6.07) is 9.72. The van der Waals surface area contributed by atoms with Gasteiger partial charge in [0.15, 0.2) is 5.60 Å². The molecule has 7 nitrogen and oxygen atoms in total. The summed E-state index contributed by atoms with van der Waals surface area (Å²) in [5, 5.41) is 18.5. The lowest BCUT2D eigenvalue weighted by molar-refractivity contribution is -0.132. The molecule has 1 heterocycles. The first-order chi connectivity index (χ1) is 13.2. The minimum atomic E-state index is -1.92. The minimum absolute atomic E-state index is 0.164. The Labute approximate surface area is 178 Å². The number of fused-ring (bicyclic) bond motifs is 1. The van der Waals surface area contributed by atoms with Crippen LogP contribution in [0.25, 0.3) is 0 Å². The van der Waals surface area contributed by atoms with Gasteiger partial charge in [0, 0.05) is 32.7 Å². The van der Waals surface area contributed by atoms with E-state index in [2.05, 4.69) is 36.5 Å². The van der Waals surface area contributed by atoms with E-state index in [4.69, 9.17) is 23.2 Å². The predicted octanol–water partition coefficient (Wildman–Crippen LogP) is 4.05. The Kier molecular flexibility index (Phi) is 5.95. The molecule has 0 radical (unpaired) electrons. The Hall–Kier alpha value is -2.13. The maximum Gasteiger partial charge on any atom is 0.427 e. The van der Waals surface area contributed by atoms with Crippen LogP contribution >= 0.6 is 39.1 Å². The van der Waals surface area contributed by atoms with E-state index < -0.39 is 17.6 Å². The average Bonchev–Trinajstić information content (AvgIpc) is 2.89. The summed E-state index contributed by atoms with van der Waals surface area (Å²) in [4.78, 5) is 24.0. The van der Waals surface area contributed by atoms with Crippen molar-refractivity contribution in [2.24, 2.45) is 5.10 Å². The summed E-state index contributed by atoms with van der Waals surface area (Å²) in [6.45, 7) is 0. The second kappa shape index (κ2) is 8.08. The van der Waals surface area contributed by atoms with E-state index in [0.29, 0.717) is 26.3 Å². The number of hydrogen-bond acceptors (Lipinski definition) is 5. The maximum atomic E-state index is 12.6. The molecule has 3 rings (SSSR count). The predicted molar refractivity (Wildman–Crippen MR) is 110 cm³/mol. The molecule has 0 spiro atoms. The third-order valence-corrected chi connectivity index (χ3v) is 5.22. The Bertz CT molecular complexity index is 999. The van der Waals surface area contributed by atoms with Gasteiger partial charge in [-0.25, -0.2) is 10.2 Å². The largest absolute Gasteiger partial charge is 0.452 e. The van der Waals surface area contributed by atoms with Gasteiger partial charge in [-0.2, -0.15) is 5.10 Å². The van der Waals surface area contributed by atoms with Crippen LogP contribution in [0.15, 0.2) is 46.0 Å². The van der Waals surface area contributed by atoms with Crippen molar-refractivity contribution in [3.63, 3.8) is 0 Å². The van der Waals surface area contributed by atoms with Crippen molar-refractivity contribution >= 4 is 62.5 Å². The second-order valence-electron chi connectivity index (χ2n) is 5.97. The molecule has 0 saturated heterocycles. The van der Waals surface area contributed by atoms with E-state index in [1.165, 1.54) is 13.2 Å². The van der Waals surface area contributed by atoms with Gasteiger partial charge in [-0.1, -0.05) is 45.2 Å². The number of halogens is 3. The summed E-state index contributed by atoms with van der Waals surface area (Å²) in [6.07, 6.45) is -1.07. The number of carbonyl (C=O) groups excluding carboxylic acids is 2. The Balaban J connectivity index is 2.06. The molecule has 2 aromatic carbocycles. The fourth-order valence-corrected chi connectivity index (χ4v) is 3.69. The highest BCUT2D eigenvalue weighted by Crippen LogP contribution is 2.41. The van der Waals surface area contributed by atoms with Gasteiger partial charge in [-0.05, 0) is 30.3 Å². The molecule has 2 amide bonds. The number of methoxy groups -OCH3 is 1. The summed E-state index contributed by atoms with van der Waals surface area (Å²) in [5.74, 6) is -0.614. The molecule has 0 bridgehead atoms. The first-order valence-electron chi connectivity index (χ1n) is 7.94. The Morgan fingerprint density at radius 3 is 2.75 bits per heavy atom. The topological polar surface area (TPSA) is 100 Å². The number of nitrogens with one attached hydrogen (secondary N) is 2. The molecule has 1 atom stereocenters. The van der Waals surface area contributed by atoms with Gasteiger partial charge < -0.3 is 15.2 Å². The monoisotopic (exact) mass is 485 g/mol. The van der Waals surface area contributed by atoms with Crippen molar-refractivity contribution in [3.05, 3.63) is 62.0 Å². The molecule has 2 aromatic rings. The van der Waals surface area contributed by atoms with Gasteiger partial charge >= 0.3 is 6.09 Å². The molecule has 28 heavy (non-hydrogen) atoms. The fraction of sp³-hybridized carbons (Fsp3) is 0.167. The van der Waals surface area contributed by atoms with E-state index >= 15 is 0 Å². The lowest BCUT2D eigenvalue weighted by atomic mass is 9.87. The Morgan fingerprint density at radius 2 is 2.07 bits per heavy atom. The van der Waals surface area contributed by atoms with Gasteiger partial charge in [0.05, 0.1) is 17.8 Å². The Morgan fingerprint density at radius 1 is 1.32 bits per heavy atom. The number of aliphatic hydroxyl groups is 1. The highest BCUT2D eigenvalue weighted by atomic mass is 79.9. The molecule has 1 unspecified atom stereocenters. The van der Waals surface area contributed by atoms with Gasteiger partial charge in [0.1, 0.15) is 0 Å². The van der Waals surface area contributed by atoms with Crippen molar-refractivity contribution in [2.75, 3.05) is 12.4 Å². The number of hydrogen-bond donors (Lipinski definition) is 3. The first-order valence-corrected chi connectivity index (χ1v) is 9.49. The van der Waals surface area contributed by atoms with Crippen molar-refractivity contribution in [2.45, 2.75) is 12.0 Å². The van der Waals surface area contributed by atoms with Crippen LogP contribution in [0.5, 0.6) is 0 Å². The molecular weight excluding hydrogens is 473 g/mol. The maximum absolute atomic E-state index is 12.6. The normalized spacial score (nSPS) is 18.5. The van der Waals surface area contributed by atoms with Crippen LogP contribution in [0.3, 0.4) is 0 Å². The molecule has 1 aliphatic heterocycles. The number of benzene rings is 2. The highest BCUT2D eigenvalue weighted by Gasteiger charge is 2.46. The lowest BCUT2D eigenvalue weighted by Gasteiger charge is -2.22. The third kappa shape index (κ3) is 4.00. The molecule has 0 fully saturated rings. The summed E-state index contributed by atoms with van der Waals surface area (Å²) in [7, 11) is 1.19. The standard InChI is InChI=1S/C18H14BrCl2N3O4/c1-28-17(26)24-23-15(11-4-3-10(20)7-13(11)21)8-18(27)12-6-9(19)2-5-14(12)22-16(18)25/h2-7,27H,8H2,1H3,(H,22,25)(H,24,26)/b23-15-. The summed E-state index contributed by atoms with van der Waals surface area (Å²) < 4.78 is 5.21. The molecule has 0 aromatic heterocycles. The van der Waals surface area contributed by atoms with E-state index in [9.17, 15) is 14.7 Å². The van der Waals surface area contributed by atoms with Crippen LogP contribution in [0.2, 0.25) is 10.0 Å². The zero-order valence-electron chi connectivity index (χ0n) is 14.4. The molecule has 0 saturated carbocycles. The second-order valence-corrected chi connectivity index (χ2v) is 7.73. The van der Waals surface area contributed by atoms with Crippen LogP contribution in [0, 0.1) is 0 Å². The number of amides is 2. The molecule has 10 heteroatoms. The van der Waals surface area contributed by atoms with Crippen molar-refractivity contribution in [1.82, 2.24) is 5.43 Å². The van der Waals surface area contributed by atoms with Gasteiger partial charge in [0.2, 0.25) is 0 Å². The van der Waals surface area contributed by atoms with E-state index in [-0.39, 0.29) is 17.2 Å². The van der Waals surface area contributed by atoms with E-state index in [0.717, 1.165) is 0 Å². The molecule has 3 N–H and O–H groups in total. The number of carbonyl (C=O) groups is 2. The van der Waals surface area contributed by atoms with Crippen LogP contribution < -0.4 is 10.7 Å². The van der Waals surface area contributed by atoms with Crippen LogP contribution in [-0.2, 0) is 15.1 Å².